The van der Waals surface area contributed by atoms with Gasteiger partial charge in [-0.05, 0) is 59.8 Å². The van der Waals surface area contributed by atoms with Crippen LogP contribution >= 0.6 is 11.8 Å². The molecule has 0 bridgehead atoms. The highest BCUT2D eigenvalue weighted by Gasteiger charge is 2.35. The molecule has 3 rings (SSSR count). The topological polar surface area (TPSA) is 59.1 Å². The van der Waals surface area contributed by atoms with Crippen molar-refractivity contribution in [3.8, 4) is 11.5 Å². The number of hydrogen-bond donors (Lipinski definition) is 0. The summed E-state index contributed by atoms with van der Waals surface area (Å²) in [5, 5.41) is -0.283. The Morgan fingerprint density at radius 2 is 1.74 bits per heavy atom. The van der Waals surface area contributed by atoms with Crippen molar-refractivity contribution >= 4 is 34.7 Å². The first kappa shape index (κ1) is 18.8. The Kier molecular flexibility index (Phi) is 5.71. The molecule has 27 heavy (non-hydrogen) atoms. The number of hydrogen-bond acceptors (Lipinski definition) is 6. The van der Waals surface area contributed by atoms with E-state index in [0.717, 1.165) is 28.8 Å². The molecular weight excluding hydrogens is 364 g/mol. The largest absolute Gasteiger partial charge is 0.497 e. The normalized spacial score (nSPS) is 15.4. The molecule has 0 aromatic heterocycles. The average Bonchev–Trinajstić information content (AvgIpc) is 2.95. The van der Waals surface area contributed by atoms with E-state index in [1.165, 1.54) is 4.90 Å². The van der Waals surface area contributed by atoms with E-state index in [-0.39, 0.29) is 17.8 Å². The summed E-state index contributed by atoms with van der Waals surface area (Å²) in [4.78, 5) is 28.5. The van der Waals surface area contributed by atoms with Crippen LogP contribution in [0.25, 0.3) is 6.08 Å². The van der Waals surface area contributed by atoms with E-state index in [9.17, 15) is 9.59 Å². The molecule has 1 heterocycles. The van der Waals surface area contributed by atoms with Gasteiger partial charge in [0, 0.05) is 12.7 Å². The van der Waals surface area contributed by atoms with Crippen molar-refractivity contribution in [2.45, 2.75) is 0 Å². The maximum atomic E-state index is 12.7. The summed E-state index contributed by atoms with van der Waals surface area (Å²) in [6, 6.07) is 14.8. The summed E-state index contributed by atoms with van der Waals surface area (Å²) in [7, 11) is 5.02. The zero-order valence-electron chi connectivity index (χ0n) is 15.3. The van der Waals surface area contributed by atoms with E-state index >= 15 is 0 Å². The number of carbonyl (C=O) groups is 2. The molecule has 7 heteroatoms. The molecule has 1 aliphatic rings. The van der Waals surface area contributed by atoms with E-state index in [1.54, 1.807) is 20.3 Å². The molecule has 140 valence electrons. The summed E-state index contributed by atoms with van der Waals surface area (Å²) in [6.45, 7) is 0.173. The second-order valence-electron chi connectivity index (χ2n) is 5.92. The van der Waals surface area contributed by atoms with Gasteiger partial charge in [-0.15, -0.1) is 0 Å². The molecule has 0 saturated carbocycles. The van der Waals surface area contributed by atoms with Crippen molar-refractivity contribution < 1.29 is 19.1 Å². The molecule has 0 N–H and O–H groups in total. The van der Waals surface area contributed by atoms with Gasteiger partial charge in [0.2, 0.25) is 0 Å². The van der Waals surface area contributed by atoms with Crippen LogP contribution in [0, 0.1) is 0 Å². The van der Waals surface area contributed by atoms with Gasteiger partial charge in [0.1, 0.15) is 18.2 Å². The fourth-order valence-corrected chi connectivity index (χ4v) is 3.47. The second kappa shape index (κ2) is 8.18. The van der Waals surface area contributed by atoms with Gasteiger partial charge in [-0.25, -0.2) is 4.90 Å². The smallest absolute Gasteiger partial charge is 0.295 e. The predicted molar refractivity (Wildman–Crippen MR) is 107 cm³/mol. The molecule has 1 fully saturated rings. The lowest BCUT2D eigenvalue weighted by atomic mass is 10.2. The fourth-order valence-electron chi connectivity index (χ4n) is 2.64. The third kappa shape index (κ3) is 4.25. The number of ether oxygens (including phenoxy) is 2. The van der Waals surface area contributed by atoms with Gasteiger partial charge in [-0.1, -0.05) is 12.1 Å². The fraction of sp³-hybridized carbons (Fsp3) is 0.200. The highest BCUT2D eigenvalue weighted by molar-refractivity contribution is 8.18. The molecule has 0 radical (unpaired) electrons. The molecule has 1 saturated heterocycles. The molecule has 1 aliphatic heterocycles. The lowest BCUT2D eigenvalue weighted by Crippen LogP contribution is -2.38. The third-order valence-corrected chi connectivity index (χ3v) is 5.04. The molecule has 0 aliphatic carbocycles. The van der Waals surface area contributed by atoms with Crippen LogP contribution in [0.4, 0.5) is 10.5 Å². The number of amides is 2. The van der Waals surface area contributed by atoms with Crippen LogP contribution in [0.5, 0.6) is 11.5 Å². The minimum Gasteiger partial charge on any atom is -0.497 e. The number of benzene rings is 2. The number of nitrogens with zero attached hydrogens (tertiary/aromatic N) is 2. The molecule has 6 nitrogen and oxygen atoms in total. The molecule has 0 unspecified atom stereocenters. The van der Waals surface area contributed by atoms with Crippen LogP contribution in [0.1, 0.15) is 5.56 Å². The zero-order chi connectivity index (χ0) is 19.4. The monoisotopic (exact) mass is 384 g/mol. The van der Waals surface area contributed by atoms with Gasteiger partial charge in [0.05, 0.1) is 19.1 Å². The summed E-state index contributed by atoms with van der Waals surface area (Å²) in [6.07, 6.45) is 1.71. The van der Waals surface area contributed by atoms with Crippen LogP contribution in [-0.4, -0.2) is 44.0 Å². The minimum atomic E-state index is -0.298. The predicted octanol–water partition coefficient (Wildman–Crippen LogP) is 3.83. The van der Waals surface area contributed by atoms with Crippen LogP contribution < -0.4 is 14.4 Å². The van der Waals surface area contributed by atoms with E-state index in [4.69, 9.17) is 9.47 Å². The van der Waals surface area contributed by atoms with E-state index in [2.05, 4.69) is 0 Å². The average molecular weight is 384 g/mol. The van der Waals surface area contributed by atoms with E-state index in [1.807, 2.05) is 60.5 Å². The van der Waals surface area contributed by atoms with Crippen LogP contribution in [0.2, 0.25) is 0 Å². The van der Waals surface area contributed by atoms with E-state index in [0.29, 0.717) is 10.7 Å². The van der Waals surface area contributed by atoms with Crippen molar-refractivity contribution in [1.82, 2.24) is 4.90 Å². The highest BCUT2D eigenvalue weighted by atomic mass is 32.2. The Bertz CT molecular complexity index is 880. The van der Waals surface area contributed by atoms with Crippen LogP contribution in [0.15, 0.2) is 53.4 Å². The lowest BCUT2D eigenvalue weighted by molar-refractivity contribution is -0.122. The third-order valence-electron chi connectivity index (χ3n) is 4.13. The molecule has 2 amide bonds. The quantitative estimate of drug-likeness (QED) is 0.706. The molecule has 0 spiro atoms. The zero-order valence-corrected chi connectivity index (χ0v) is 16.2. The maximum absolute atomic E-state index is 12.7. The van der Waals surface area contributed by atoms with Crippen LogP contribution in [-0.2, 0) is 4.79 Å². The van der Waals surface area contributed by atoms with Gasteiger partial charge >= 0.3 is 0 Å². The Balaban J connectivity index is 1.74. The number of methoxy groups -OCH3 is 2. The van der Waals surface area contributed by atoms with Crippen molar-refractivity contribution in [3.63, 3.8) is 0 Å². The first-order valence-electron chi connectivity index (χ1n) is 8.26. The Morgan fingerprint density at radius 1 is 1.04 bits per heavy atom. The van der Waals surface area contributed by atoms with Gasteiger partial charge in [0.15, 0.2) is 0 Å². The molecule has 2 aromatic rings. The summed E-state index contributed by atoms with van der Waals surface area (Å²) < 4.78 is 10.3. The van der Waals surface area contributed by atoms with Crippen molar-refractivity contribution in [3.05, 3.63) is 59.0 Å². The number of imide groups is 1. The van der Waals surface area contributed by atoms with Crippen molar-refractivity contribution in [2.24, 2.45) is 0 Å². The lowest BCUT2D eigenvalue weighted by Gasteiger charge is -2.24. The number of thioether (sulfide) groups is 1. The Morgan fingerprint density at radius 3 is 2.41 bits per heavy atom. The number of rotatable bonds is 6. The second-order valence-corrected chi connectivity index (χ2v) is 6.92. The highest BCUT2D eigenvalue weighted by Crippen LogP contribution is 2.33. The standard InChI is InChI=1S/C20H20N2O4S/c1-21(15-7-9-16(25-2)10-8-15)13-22-19(23)18(27-20(22)24)12-14-5-4-6-17(11-14)26-3/h4-12H,13H2,1-3H3/b18-12+. The van der Waals surface area contributed by atoms with Gasteiger partial charge < -0.3 is 14.4 Å². The molecule has 0 atom stereocenters. The van der Waals surface area contributed by atoms with Gasteiger partial charge in [-0.3, -0.25) is 9.59 Å². The Hall–Kier alpha value is -2.93. The minimum absolute atomic E-state index is 0.173. The van der Waals surface area contributed by atoms with Gasteiger partial charge in [0.25, 0.3) is 11.1 Å². The van der Waals surface area contributed by atoms with Crippen molar-refractivity contribution in [2.75, 3.05) is 32.8 Å². The Labute approximate surface area is 162 Å². The first-order valence-corrected chi connectivity index (χ1v) is 9.08. The molecule has 2 aromatic carbocycles. The summed E-state index contributed by atoms with van der Waals surface area (Å²) in [5.74, 6) is 1.15. The van der Waals surface area contributed by atoms with Gasteiger partial charge in [-0.2, -0.15) is 0 Å². The van der Waals surface area contributed by atoms with E-state index < -0.39 is 0 Å². The SMILES string of the molecule is COc1ccc(N(C)CN2C(=O)S/C(=C/c3cccc(OC)c3)C2=O)cc1. The summed E-state index contributed by atoms with van der Waals surface area (Å²) in [5.41, 5.74) is 1.69. The first-order chi connectivity index (χ1) is 13.0. The number of carbonyl (C=O) groups excluding carboxylic acids is 2. The van der Waals surface area contributed by atoms with Crippen LogP contribution in [0.3, 0.4) is 0 Å². The number of anilines is 1. The summed E-state index contributed by atoms with van der Waals surface area (Å²) >= 11 is 0.944. The van der Waals surface area contributed by atoms with Crippen molar-refractivity contribution in [1.29, 1.82) is 0 Å². The maximum Gasteiger partial charge on any atom is 0.295 e. The molecular formula is C20H20N2O4S.